The van der Waals surface area contributed by atoms with Crippen molar-refractivity contribution in [3.8, 4) is 0 Å². The Hall–Kier alpha value is -0.410. The zero-order valence-corrected chi connectivity index (χ0v) is 10.0. The highest BCUT2D eigenvalue weighted by atomic mass is 16.3. The molecule has 0 aromatic heterocycles. The van der Waals surface area contributed by atoms with Crippen molar-refractivity contribution in [2.75, 3.05) is 19.7 Å². The lowest BCUT2D eigenvalue weighted by Crippen LogP contribution is -2.45. The predicted molar refractivity (Wildman–Crippen MR) is 63.3 cm³/mol. The molecule has 1 heterocycles. The highest BCUT2D eigenvalue weighted by molar-refractivity contribution is 5.83. The van der Waals surface area contributed by atoms with Crippen LogP contribution in [0.1, 0.15) is 44.9 Å². The maximum Gasteiger partial charge on any atom is 0.137 e. The second-order valence-electron chi connectivity index (χ2n) is 5.14. The van der Waals surface area contributed by atoms with Gasteiger partial charge in [-0.2, -0.15) is 0 Å². The summed E-state index contributed by atoms with van der Waals surface area (Å²) in [6.45, 7) is 2.35. The van der Waals surface area contributed by atoms with Crippen molar-refractivity contribution >= 4 is 5.78 Å². The summed E-state index contributed by atoms with van der Waals surface area (Å²) in [7, 11) is 0. The van der Waals surface area contributed by atoms with Gasteiger partial charge in [-0.25, -0.2) is 0 Å². The van der Waals surface area contributed by atoms with Gasteiger partial charge in [-0.3, -0.25) is 9.69 Å². The Labute approximate surface area is 97.8 Å². The molecule has 0 spiro atoms. The fourth-order valence-corrected chi connectivity index (χ4v) is 3.27. The Balaban J connectivity index is 1.95. The molecule has 1 saturated carbocycles. The third-order valence-corrected chi connectivity index (χ3v) is 4.08. The van der Waals surface area contributed by atoms with Crippen molar-refractivity contribution in [1.29, 1.82) is 0 Å². The van der Waals surface area contributed by atoms with E-state index in [1.165, 1.54) is 19.3 Å². The smallest absolute Gasteiger partial charge is 0.137 e. The first-order chi connectivity index (χ1) is 7.83. The van der Waals surface area contributed by atoms with Gasteiger partial charge in [-0.05, 0) is 38.6 Å². The zero-order chi connectivity index (χ0) is 11.4. The predicted octanol–water partition coefficient (Wildman–Crippen LogP) is 1.59. The SMILES string of the molecule is O=C1CCCC1C1CCCCN1CCCO. The highest BCUT2D eigenvalue weighted by Gasteiger charge is 2.36. The summed E-state index contributed by atoms with van der Waals surface area (Å²) in [5.74, 6) is 0.792. The molecule has 3 heteroatoms. The zero-order valence-electron chi connectivity index (χ0n) is 10.0. The highest BCUT2D eigenvalue weighted by Crippen LogP contribution is 2.32. The topological polar surface area (TPSA) is 40.5 Å². The fraction of sp³-hybridized carbons (Fsp3) is 0.923. The molecular formula is C13H23NO2. The quantitative estimate of drug-likeness (QED) is 0.790. The Morgan fingerprint density at radius 2 is 2.12 bits per heavy atom. The van der Waals surface area contributed by atoms with Gasteiger partial charge in [-0.15, -0.1) is 0 Å². The van der Waals surface area contributed by atoms with Gasteiger partial charge in [0, 0.05) is 31.5 Å². The lowest BCUT2D eigenvalue weighted by Gasteiger charge is -2.38. The van der Waals surface area contributed by atoms with E-state index >= 15 is 0 Å². The summed E-state index contributed by atoms with van der Waals surface area (Å²) in [6.07, 6.45) is 7.54. The molecule has 16 heavy (non-hydrogen) atoms. The van der Waals surface area contributed by atoms with Crippen LogP contribution in [0.25, 0.3) is 0 Å². The van der Waals surface area contributed by atoms with Gasteiger partial charge in [-0.1, -0.05) is 6.42 Å². The van der Waals surface area contributed by atoms with E-state index in [2.05, 4.69) is 4.90 Å². The van der Waals surface area contributed by atoms with Crippen molar-refractivity contribution < 1.29 is 9.90 Å². The third-order valence-electron chi connectivity index (χ3n) is 4.08. The van der Waals surface area contributed by atoms with Crippen LogP contribution in [0.2, 0.25) is 0 Å². The molecule has 2 rings (SSSR count). The largest absolute Gasteiger partial charge is 0.396 e. The van der Waals surface area contributed by atoms with Gasteiger partial charge in [0.05, 0.1) is 0 Å². The lowest BCUT2D eigenvalue weighted by molar-refractivity contribution is -0.123. The first-order valence-corrected chi connectivity index (χ1v) is 6.70. The summed E-state index contributed by atoms with van der Waals surface area (Å²) in [4.78, 5) is 14.3. The monoisotopic (exact) mass is 225 g/mol. The molecule has 0 aromatic rings. The molecule has 1 aliphatic carbocycles. The molecule has 1 saturated heterocycles. The van der Waals surface area contributed by atoms with Crippen LogP contribution in [0.5, 0.6) is 0 Å². The molecule has 2 unspecified atom stereocenters. The number of piperidine rings is 1. The maximum atomic E-state index is 11.8. The van der Waals surface area contributed by atoms with E-state index in [4.69, 9.17) is 5.11 Å². The molecule has 2 fully saturated rings. The number of rotatable bonds is 4. The molecule has 2 atom stereocenters. The van der Waals surface area contributed by atoms with Crippen molar-refractivity contribution in [3.05, 3.63) is 0 Å². The van der Waals surface area contributed by atoms with Gasteiger partial charge in [0.1, 0.15) is 5.78 Å². The third kappa shape index (κ3) is 2.64. The Kier molecular flexibility index (Phi) is 4.36. The van der Waals surface area contributed by atoms with Crippen LogP contribution in [-0.4, -0.2) is 41.5 Å². The number of aliphatic hydroxyl groups is 1. The lowest BCUT2D eigenvalue weighted by atomic mass is 9.88. The van der Waals surface area contributed by atoms with Crippen molar-refractivity contribution in [2.45, 2.75) is 51.0 Å². The molecule has 3 nitrogen and oxygen atoms in total. The molecular weight excluding hydrogens is 202 g/mol. The molecule has 0 aromatic carbocycles. The second kappa shape index (κ2) is 5.78. The Morgan fingerprint density at radius 1 is 1.25 bits per heavy atom. The van der Waals surface area contributed by atoms with Crippen LogP contribution in [0, 0.1) is 5.92 Å². The summed E-state index contributed by atoms with van der Waals surface area (Å²) in [5, 5.41) is 8.91. The van der Waals surface area contributed by atoms with Gasteiger partial charge >= 0.3 is 0 Å². The van der Waals surface area contributed by atoms with Crippen LogP contribution in [0.4, 0.5) is 0 Å². The fourth-order valence-electron chi connectivity index (χ4n) is 3.27. The van der Waals surface area contributed by atoms with Crippen LogP contribution < -0.4 is 0 Å². The van der Waals surface area contributed by atoms with Crippen LogP contribution in [0.3, 0.4) is 0 Å². The van der Waals surface area contributed by atoms with Gasteiger partial charge < -0.3 is 5.11 Å². The molecule has 2 aliphatic rings. The van der Waals surface area contributed by atoms with E-state index < -0.39 is 0 Å². The minimum Gasteiger partial charge on any atom is -0.396 e. The van der Waals surface area contributed by atoms with E-state index in [0.29, 0.717) is 17.7 Å². The first kappa shape index (κ1) is 12.1. The normalized spacial score (nSPS) is 32.2. The molecule has 92 valence electrons. The van der Waals surface area contributed by atoms with E-state index in [0.717, 1.165) is 38.8 Å². The van der Waals surface area contributed by atoms with E-state index in [-0.39, 0.29) is 6.61 Å². The number of ketones is 1. The average molecular weight is 225 g/mol. The number of nitrogens with zero attached hydrogens (tertiary/aromatic N) is 1. The van der Waals surface area contributed by atoms with Crippen molar-refractivity contribution in [1.82, 2.24) is 4.90 Å². The second-order valence-corrected chi connectivity index (χ2v) is 5.14. The molecule has 0 bridgehead atoms. The molecule has 0 amide bonds. The summed E-state index contributed by atoms with van der Waals surface area (Å²) in [6, 6.07) is 0.482. The number of hydrogen-bond donors (Lipinski definition) is 1. The molecule has 0 radical (unpaired) electrons. The number of carbonyl (C=O) groups excluding carboxylic acids is 1. The summed E-state index contributed by atoms with van der Waals surface area (Å²) in [5.41, 5.74) is 0. The number of likely N-dealkylation sites (tertiary alicyclic amines) is 1. The Morgan fingerprint density at radius 3 is 2.81 bits per heavy atom. The van der Waals surface area contributed by atoms with Crippen molar-refractivity contribution in [3.63, 3.8) is 0 Å². The Bertz CT molecular complexity index is 242. The minimum absolute atomic E-state index is 0.266. The van der Waals surface area contributed by atoms with E-state index in [9.17, 15) is 4.79 Å². The molecule has 1 aliphatic heterocycles. The summed E-state index contributed by atoms with van der Waals surface area (Å²) >= 11 is 0. The first-order valence-electron chi connectivity index (χ1n) is 6.70. The average Bonchev–Trinajstić information content (AvgIpc) is 2.73. The standard InChI is InChI=1S/C13H23NO2/c15-10-4-9-14-8-2-1-6-12(14)11-5-3-7-13(11)16/h11-12,15H,1-10H2. The van der Waals surface area contributed by atoms with E-state index in [1.807, 2.05) is 0 Å². The number of hydrogen-bond acceptors (Lipinski definition) is 3. The summed E-state index contributed by atoms with van der Waals surface area (Å²) < 4.78 is 0. The van der Waals surface area contributed by atoms with Gasteiger partial charge in [0.25, 0.3) is 0 Å². The number of Topliss-reactive ketones (excluding diaryl/α,β-unsaturated/α-hetero) is 1. The van der Waals surface area contributed by atoms with Crippen LogP contribution in [0.15, 0.2) is 0 Å². The van der Waals surface area contributed by atoms with E-state index in [1.54, 1.807) is 0 Å². The van der Waals surface area contributed by atoms with Gasteiger partial charge in [0.2, 0.25) is 0 Å². The number of carbonyl (C=O) groups is 1. The van der Waals surface area contributed by atoms with Crippen LogP contribution in [-0.2, 0) is 4.79 Å². The van der Waals surface area contributed by atoms with Crippen LogP contribution >= 0.6 is 0 Å². The number of aliphatic hydroxyl groups excluding tert-OH is 1. The molecule has 1 N–H and O–H groups in total. The van der Waals surface area contributed by atoms with Gasteiger partial charge in [0.15, 0.2) is 0 Å². The van der Waals surface area contributed by atoms with Crippen molar-refractivity contribution in [2.24, 2.45) is 5.92 Å². The minimum atomic E-state index is 0.266. The maximum absolute atomic E-state index is 11.8.